The van der Waals surface area contributed by atoms with E-state index in [4.69, 9.17) is 9.84 Å². The molecule has 1 heterocycles. The molecule has 0 atom stereocenters. The largest absolute Gasteiger partial charge is 0.476 e. The van der Waals surface area contributed by atoms with Gasteiger partial charge < -0.3 is 15.2 Å². The summed E-state index contributed by atoms with van der Waals surface area (Å²) in [6.07, 6.45) is 0. The number of nitrogens with one attached hydrogen (secondary N) is 1. The Balaban J connectivity index is 1.67. The summed E-state index contributed by atoms with van der Waals surface area (Å²) in [7, 11) is 0. The fourth-order valence-electron chi connectivity index (χ4n) is 1.78. The minimum atomic E-state index is -1.03. The SMILES string of the molecule is O=C(O)c1csc(Nc2ccc(Oc3ccccc3)cc2)n1. The van der Waals surface area contributed by atoms with Crippen LogP contribution in [0.1, 0.15) is 10.5 Å². The number of nitrogens with zero attached hydrogens (tertiary/aromatic N) is 1. The maximum Gasteiger partial charge on any atom is 0.355 e. The van der Waals surface area contributed by atoms with Gasteiger partial charge in [-0.2, -0.15) is 0 Å². The van der Waals surface area contributed by atoms with Crippen LogP contribution in [0.5, 0.6) is 11.5 Å². The first-order chi connectivity index (χ1) is 10.7. The lowest BCUT2D eigenvalue weighted by Gasteiger charge is -2.07. The van der Waals surface area contributed by atoms with Crippen LogP contribution in [0.25, 0.3) is 0 Å². The first-order valence-corrected chi connectivity index (χ1v) is 7.37. The summed E-state index contributed by atoms with van der Waals surface area (Å²) in [6.45, 7) is 0. The molecule has 0 spiro atoms. The van der Waals surface area contributed by atoms with Gasteiger partial charge in [0.25, 0.3) is 0 Å². The molecule has 0 fully saturated rings. The molecule has 2 aromatic carbocycles. The number of thiazole rings is 1. The standard InChI is InChI=1S/C16H12N2O3S/c19-15(20)14-10-22-16(18-14)17-11-6-8-13(9-7-11)21-12-4-2-1-3-5-12/h1-10H,(H,17,18)(H,19,20). The van der Waals surface area contributed by atoms with E-state index in [9.17, 15) is 4.79 Å². The average molecular weight is 312 g/mol. The first-order valence-electron chi connectivity index (χ1n) is 6.49. The Bertz CT molecular complexity index is 770. The van der Waals surface area contributed by atoms with Crippen LogP contribution in [0.2, 0.25) is 0 Å². The minimum absolute atomic E-state index is 0.0385. The molecule has 0 saturated carbocycles. The van der Waals surface area contributed by atoms with E-state index < -0.39 is 5.97 Å². The Labute approximate surface area is 130 Å². The van der Waals surface area contributed by atoms with Crippen LogP contribution in [0, 0.1) is 0 Å². The highest BCUT2D eigenvalue weighted by Gasteiger charge is 2.08. The van der Waals surface area contributed by atoms with Gasteiger partial charge in [0.05, 0.1) is 0 Å². The van der Waals surface area contributed by atoms with Crippen molar-refractivity contribution in [2.45, 2.75) is 0 Å². The van der Waals surface area contributed by atoms with E-state index in [2.05, 4.69) is 10.3 Å². The van der Waals surface area contributed by atoms with Crippen molar-refractivity contribution in [3.05, 3.63) is 65.7 Å². The molecular weight excluding hydrogens is 300 g/mol. The quantitative estimate of drug-likeness (QED) is 0.731. The van der Waals surface area contributed by atoms with Crippen LogP contribution in [-0.2, 0) is 0 Å². The van der Waals surface area contributed by atoms with Crippen molar-refractivity contribution >= 4 is 28.1 Å². The van der Waals surface area contributed by atoms with Crippen LogP contribution in [-0.4, -0.2) is 16.1 Å². The fourth-order valence-corrected chi connectivity index (χ4v) is 2.49. The number of aromatic carboxylic acids is 1. The number of benzene rings is 2. The summed E-state index contributed by atoms with van der Waals surface area (Å²) in [4.78, 5) is 14.8. The van der Waals surface area contributed by atoms with Crippen molar-refractivity contribution in [1.82, 2.24) is 4.98 Å². The molecule has 1 aromatic heterocycles. The third kappa shape index (κ3) is 3.42. The summed E-state index contributed by atoms with van der Waals surface area (Å²) >= 11 is 1.25. The van der Waals surface area contributed by atoms with Crippen LogP contribution in [0.3, 0.4) is 0 Å². The lowest BCUT2D eigenvalue weighted by Crippen LogP contribution is -1.97. The van der Waals surface area contributed by atoms with Crippen molar-refractivity contribution in [1.29, 1.82) is 0 Å². The normalized spacial score (nSPS) is 10.2. The lowest BCUT2D eigenvalue weighted by atomic mass is 10.3. The highest BCUT2D eigenvalue weighted by atomic mass is 32.1. The maximum atomic E-state index is 10.8. The molecule has 6 heteroatoms. The Morgan fingerprint density at radius 1 is 1.05 bits per heavy atom. The van der Waals surface area contributed by atoms with E-state index in [0.717, 1.165) is 17.2 Å². The van der Waals surface area contributed by atoms with Gasteiger partial charge >= 0.3 is 5.97 Å². The number of carbonyl (C=O) groups is 1. The number of carboxylic acids is 1. The van der Waals surface area contributed by atoms with Gasteiger partial charge in [-0.15, -0.1) is 11.3 Å². The van der Waals surface area contributed by atoms with Gasteiger partial charge in [0.15, 0.2) is 10.8 Å². The molecule has 2 N–H and O–H groups in total. The summed E-state index contributed by atoms with van der Waals surface area (Å²) in [6, 6.07) is 16.9. The average Bonchev–Trinajstić information content (AvgIpc) is 2.99. The zero-order chi connectivity index (χ0) is 15.4. The Morgan fingerprint density at radius 3 is 2.36 bits per heavy atom. The smallest absolute Gasteiger partial charge is 0.355 e. The second-order valence-electron chi connectivity index (χ2n) is 4.41. The van der Waals surface area contributed by atoms with E-state index >= 15 is 0 Å². The molecule has 0 saturated heterocycles. The Hall–Kier alpha value is -2.86. The predicted octanol–water partition coefficient (Wildman–Crippen LogP) is 4.38. The topological polar surface area (TPSA) is 71.5 Å². The molecule has 0 unspecified atom stereocenters. The van der Waals surface area contributed by atoms with E-state index in [1.807, 2.05) is 54.6 Å². The number of carboxylic acid groups (broad SMARTS) is 1. The van der Waals surface area contributed by atoms with Crippen LogP contribution >= 0.6 is 11.3 Å². The molecule has 3 aromatic rings. The monoisotopic (exact) mass is 312 g/mol. The molecule has 0 aliphatic rings. The molecule has 0 aliphatic carbocycles. The first kappa shape index (κ1) is 14.1. The number of hydrogen-bond donors (Lipinski definition) is 2. The third-order valence-corrected chi connectivity index (χ3v) is 3.57. The summed E-state index contributed by atoms with van der Waals surface area (Å²) in [5, 5.41) is 13.9. The molecule has 0 aliphatic heterocycles. The van der Waals surface area contributed by atoms with E-state index in [-0.39, 0.29) is 5.69 Å². The van der Waals surface area contributed by atoms with Gasteiger partial charge in [-0.25, -0.2) is 9.78 Å². The van der Waals surface area contributed by atoms with Gasteiger partial charge in [0.2, 0.25) is 0 Å². The lowest BCUT2D eigenvalue weighted by molar-refractivity contribution is 0.0691. The summed E-state index contributed by atoms with van der Waals surface area (Å²) < 4.78 is 5.70. The Kier molecular flexibility index (Phi) is 4.02. The highest BCUT2D eigenvalue weighted by Crippen LogP contribution is 2.25. The molecule has 5 nitrogen and oxygen atoms in total. The van der Waals surface area contributed by atoms with Crippen LogP contribution in [0.4, 0.5) is 10.8 Å². The van der Waals surface area contributed by atoms with Crippen molar-refractivity contribution in [3.8, 4) is 11.5 Å². The molecular formula is C16H12N2O3S. The van der Waals surface area contributed by atoms with Crippen molar-refractivity contribution < 1.29 is 14.6 Å². The zero-order valence-corrected chi connectivity index (χ0v) is 12.2. The minimum Gasteiger partial charge on any atom is -0.476 e. The van der Waals surface area contributed by atoms with Gasteiger partial charge in [0, 0.05) is 11.1 Å². The number of anilines is 2. The maximum absolute atomic E-state index is 10.8. The van der Waals surface area contributed by atoms with Gasteiger partial charge in [0.1, 0.15) is 11.5 Å². The van der Waals surface area contributed by atoms with Gasteiger partial charge in [-0.05, 0) is 36.4 Å². The number of para-hydroxylation sites is 1. The molecule has 110 valence electrons. The molecule has 22 heavy (non-hydrogen) atoms. The second kappa shape index (κ2) is 6.28. The van der Waals surface area contributed by atoms with Gasteiger partial charge in [-0.1, -0.05) is 18.2 Å². The third-order valence-electron chi connectivity index (χ3n) is 2.81. The Morgan fingerprint density at radius 2 is 1.73 bits per heavy atom. The number of ether oxygens (including phenoxy) is 1. The second-order valence-corrected chi connectivity index (χ2v) is 5.27. The van der Waals surface area contributed by atoms with Crippen LogP contribution in [0.15, 0.2) is 60.0 Å². The van der Waals surface area contributed by atoms with Crippen molar-refractivity contribution in [2.24, 2.45) is 0 Å². The molecule has 3 rings (SSSR count). The summed E-state index contributed by atoms with van der Waals surface area (Å²) in [5.74, 6) is 0.465. The van der Waals surface area contributed by atoms with Crippen molar-refractivity contribution in [2.75, 3.05) is 5.32 Å². The van der Waals surface area contributed by atoms with E-state index in [0.29, 0.717) is 5.13 Å². The number of rotatable bonds is 5. The molecule has 0 radical (unpaired) electrons. The molecule has 0 bridgehead atoms. The fraction of sp³-hybridized carbons (Fsp3) is 0. The summed E-state index contributed by atoms with van der Waals surface area (Å²) in [5.41, 5.74) is 0.850. The number of aromatic nitrogens is 1. The highest BCUT2D eigenvalue weighted by molar-refractivity contribution is 7.14. The zero-order valence-electron chi connectivity index (χ0n) is 11.4. The predicted molar refractivity (Wildman–Crippen MR) is 85.3 cm³/mol. The van der Waals surface area contributed by atoms with Crippen molar-refractivity contribution in [3.63, 3.8) is 0 Å². The number of hydrogen-bond acceptors (Lipinski definition) is 5. The van der Waals surface area contributed by atoms with E-state index in [1.54, 1.807) is 0 Å². The van der Waals surface area contributed by atoms with Gasteiger partial charge in [-0.3, -0.25) is 0 Å². The van der Waals surface area contributed by atoms with Crippen LogP contribution < -0.4 is 10.1 Å². The molecule has 0 amide bonds. The van der Waals surface area contributed by atoms with E-state index in [1.165, 1.54) is 16.7 Å².